The normalized spacial score (nSPS) is 18.8. The highest BCUT2D eigenvalue weighted by molar-refractivity contribution is 5.92. The topological polar surface area (TPSA) is 86.8 Å². The number of nitrogens with zero attached hydrogens (tertiary/aromatic N) is 4. The number of rotatable bonds is 4. The molecule has 7 heteroatoms. The molecular weight excluding hydrogens is 268 g/mol. The number of nitrogens with one attached hydrogen (secondary N) is 2. The fourth-order valence-corrected chi connectivity index (χ4v) is 2.57. The molecule has 0 bridgehead atoms. The largest absolute Gasteiger partial charge is 0.325 e. The quantitative estimate of drug-likeness (QED) is 0.873. The first-order chi connectivity index (χ1) is 10.2. The Balaban J connectivity index is 1.50. The summed E-state index contributed by atoms with van der Waals surface area (Å²) >= 11 is 0. The Morgan fingerprint density at radius 3 is 2.95 bits per heavy atom. The third-order valence-corrected chi connectivity index (χ3v) is 3.70. The van der Waals surface area contributed by atoms with Crippen molar-refractivity contribution in [2.75, 3.05) is 25.0 Å². The van der Waals surface area contributed by atoms with Gasteiger partial charge in [0.15, 0.2) is 5.82 Å². The van der Waals surface area contributed by atoms with Crippen LogP contribution in [0.1, 0.15) is 23.7 Å². The first-order valence-electron chi connectivity index (χ1n) is 7.03. The number of hydrogen-bond acceptors (Lipinski definition) is 5. The van der Waals surface area contributed by atoms with Crippen LogP contribution in [-0.2, 0) is 4.79 Å². The lowest BCUT2D eigenvalue weighted by atomic mass is 10.1. The van der Waals surface area contributed by atoms with E-state index in [2.05, 4.69) is 30.8 Å². The molecule has 0 aliphatic carbocycles. The van der Waals surface area contributed by atoms with E-state index in [0.29, 0.717) is 6.54 Å². The lowest BCUT2D eigenvalue weighted by molar-refractivity contribution is -0.117. The minimum atomic E-state index is 0.00705. The molecule has 21 heavy (non-hydrogen) atoms. The summed E-state index contributed by atoms with van der Waals surface area (Å²) < 4.78 is 0. The van der Waals surface area contributed by atoms with E-state index in [9.17, 15) is 4.79 Å². The van der Waals surface area contributed by atoms with E-state index in [0.717, 1.165) is 31.0 Å². The molecule has 110 valence electrons. The Labute approximate surface area is 122 Å². The van der Waals surface area contributed by atoms with Gasteiger partial charge in [0.25, 0.3) is 0 Å². The summed E-state index contributed by atoms with van der Waals surface area (Å²) in [5, 5.41) is 17.0. The minimum absolute atomic E-state index is 0.00705. The third-order valence-electron chi connectivity index (χ3n) is 3.70. The summed E-state index contributed by atoms with van der Waals surface area (Å²) in [6.07, 6.45) is 0.956. The molecule has 1 saturated heterocycles. The Kier molecular flexibility index (Phi) is 3.92. The molecule has 7 nitrogen and oxygen atoms in total. The SMILES string of the molecule is Cc1ccc(NC(=O)CN2CCC(c3nn[nH]n3)C2)cc1. The molecule has 0 radical (unpaired) electrons. The number of aromatic nitrogens is 4. The lowest BCUT2D eigenvalue weighted by Gasteiger charge is -2.15. The van der Waals surface area contributed by atoms with Crippen LogP contribution in [0.2, 0.25) is 0 Å². The summed E-state index contributed by atoms with van der Waals surface area (Å²) in [4.78, 5) is 14.2. The number of H-pyrrole nitrogens is 1. The van der Waals surface area contributed by atoms with Crippen molar-refractivity contribution in [1.29, 1.82) is 0 Å². The van der Waals surface area contributed by atoms with Crippen molar-refractivity contribution in [1.82, 2.24) is 25.5 Å². The molecule has 1 aliphatic heterocycles. The van der Waals surface area contributed by atoms with Gasteiger partial charge in [-0.15, -0.1) is 10.2 Å². The summed E-state index contributed by atoms with van der Waals surface area (Å²) in [6, 6.07) is 7.80. The van der Waals surface area contributed by atoms with Crippen LogP contribution in [0.5, 0.6) is 0 Å². The number of amides is 1. The van der Waals surface area contributed by atoms with Crippen molar-refractivity contribution >= 4 is 11.6 Å². The van der Waals surface area contributed by atoms with Crippen LogP contribution in [0.15, 0.2) is 24.3 Å². The molecule has 1 aliphatic rings. The molecule has 1 unspecified atom stereocenters. The van der Waals surface area contributed by atoms with Crippen LogP contribution >= 0.6 is 0 Å². The predicted octanol–water partition coefficient (Wildman–Crippen LogP) is 0.936. The smallest absolute Gasteiger partial charge is 0.238 e. The summed E-state index contributed by atoms with van der Waals surface area (Å²) in [7, 11) is 0. The third kappa shape index (κ3) is 3.43. The van der Waals surface area contributed by atoms with Crippen LogP contribution in [0, 0.1) is 6.92 Å². The van der Waals surface area contributed by atoms with Gasteiger partial charge in [-0.25, -0.2) is 0 Å². The fourth-order valence-electron chi connectivity index (χ4n) is 2.57. The van der Waals surface area contributed by atoms with Gasteiger partial charge in [-0.1, -0.05) is 22.9 Å². The number of aromatic amines is 1. The zero-order valence-electron chi connectivity index (χ0n) is 11.9. The van der Waals surface area contributed by atoms with Gasteiger partial charge >= 0.3 is 0 Å². The highest BCUT2D eigenvalue weighted by Gasteiger charge is 2.27. The molecule has 0 spiro atoms. The van der Waals surface area contributed by atoms with Crippen molar-refractivity contribution in [2.24, 2.45) is 0 Å². The first kappa shape index (κ1) is 13.7. The van der Waals surface area contributed by atoms with Gasteiger partial charge in [0.05, 0.1) is 6.54 Å². The molecule has 1 aromatic carbocycles. The Bertz CT molecular complexity index is 594. The van der Waals surface area contributed by atoms with Gasteiger partial charge in [0.2, 0.25) is 5.91 Å². The molecule has 0 saturated carbocycles. The Morgan fingerprint density at radius 2 is 2.24 bits per heavy atom. The van der Waals surface area contributed by atoms with E-state index in [4.69, 9.17) is 0 Å². The zero-order valence-corrected chi connectivity index (χ0v) is 11.9. The predicted molar refractivity (Wildman–Crippen MR) is 77.8 cm³/mol. The molecular formula is C14H18N6O. The van der Waals surface area contributed by atoms with Gasteiger partial charge < -0.3 is 5.32 Å². The van der Waals surface area contributed by atoms with Crippen molar-refractivity contribution in [3.63, 3.8) is 0 Å². The highest BCUT2D eigenvalue weighted by Crippen LogP contribution is 2.23. The van der Waals surface area contributed by atoms with Crippen LogP contribution in [0.3, 0.4) is 0 Å². The molecule has 2 N–H and O–H groups in total. The van der Waals surface area contributed by atoms with Gasteiger partial charge in [0, 0.05) is 18.2 Å². The maximum Gasteiger partial charge on any atom is 0.238 e. The molecule has 2 aromatic rings. The minimum Gasteiger partial charge on any atom is -0.325 e. The van der Waals surface area contributed by atoms with Gasteiger partial charge in [-0.3, -0.25) is 9.69 Å². The number of anilines is 1. The monoisotopic (exact) mass is 286 g/mol. The molecule has 1 atom stereocenters. The first-order valence-corrected chi connectivity index (χ1v) is 7.03. The maximum absolute atomic E-state index is 12.0. The maximum atomic E-state index is 12.0. The number of hydrogen-bond donors (Lipinski definition) is 2. The van der Waals surface area contributed by atoms with Crippen molar-refractivity contribution in [2.45, 2.75) is 19.3 Å². The van der Waals surface area contributed by atoms with E-state index >= 15 is 0 Å². The van der Waals surface area contributed by atoms with E-state index < -0.39 is 0 Å². The fraction of sp³-hybridized carbons (Fsp3) is 0.429. The van der Waals surface area contributed by atoms with Gasteiger partial charge in [-0.05, 0) is 32.0 Å². The molecule has 2 heterocycles. The number of aryl methyl sites for hydroxylation is 1. The van der Waals surface area contributed by atoms with E-state index in [-0.39, 0.29) is 11.8 Å². The lowest BCUT2D eigenvalue weighted by Crippen LogP contribution is -2.31. The molecule has 1 amide bonds. The number of carbonyl (C=O) groups excluding carboxylic acids is 1. The van der Waals surface area contributed by atoms with E-state index in [1.54, 1.807) is 0 Å². The highest BCUT2D eigenvalue weighted by atomic mass is 16.2. The molecule has 1 fully saturated rings. The van der Waals surface area contributed by atoms with Crippen molar-refractivity contribution in [3.05, 3.63) is 35.7 Å². The number of tetrazole rings is 1. The van der Waals surface area contributed by atoms with Crippen molar-refractivity contribution in [3.8, 4) is 0 Å². The van der Waals surface area contributed by atoms with Crippen LogP contribution in [-0.4, -0.2) is 51.1 Å². The summed E-state index contributed by atoms with van der Waals surface area (Å²) in [6.45, 7) is 4.08. The number of benzene rings is 1. The second-order valence-corrected chi connectivity index (χ2v) is 5.40. The molecule has 3 rings (SSSR count). The van der Waals surface area contributed by atoms with Gasteiger partial charge in [0.1, 0.15) is 0 Å². The van der Waals surface area contributed by atoms with Crippen molar-refractivity contribution < 1.29 is 4.79 Å². The van der Waals surface area contributed by atoms with Crippen LogP contribution < -0.4 is 5.32 Å². The number of likely N-dealkylation sites (tertiary alicyclic amines) is 1. The van der Waals surface area contributed by atoms with E-state index in [1.807, 2.05) is 31.2 Å². The summed E-state index contributed by atoms with van der Waals surface area (Å²) in [5.74, 6) is 1.000. The van der Waals surface area contributed by atoms with Gasteiger partial charge in [-0.2, -0.15) is 5.21 Å². The zero-order chi connectivity index (χ0) is 14.7. The van der Waals surface area contributed by atoms with Crippen LogP contribution in [0.25, 0.3) is 0 Å². The Morgan fingerprint density at radius 1 is 1.43 bits per heavy atom. The second-order valence-electron chi connectivity index (χ2n) is 5.40. The average Bonchev–Trinajstić information content (AvgIpc) is 3.12. The van der Waals surface area contributed by atoms with E-state index in [1.165, 1.54) is 5.56 Å². The Hall–Kier alpha value is -2.28. The standard InChI is InChI=1S/C14H18N6O/c1-10-2-4-12(5-3-10)15-13(21)9-20-7-6-11(8-20)14-16-18-19-17-14/h2-5,11H,6-9H2,1H3,(H,15,21)(H,16,17,18,19). The summed E-state index contributed by atoms with van der Waals surface area (Å²) in [5.41, 5.74) is 2.01. The average molecular weight is 286 g/mol. The van der Waals surface area contributed by atoms with Crippen LogP contribution in [0.4, 0.5) is 5.69 Å². The molecule has 1 aromatic heterocycles. The number of carbonyl (C=O) groups is 1. The second kappa shape index (κ2) is 6.01.